The van der Waals surface area contributed by atoms with Crippen LogP contribution in [0.1, 0.15) is 5.56 Å². The van der Waals surface area contributed by atoms with E-state index in [1.165, 1.54) is 11.3 Å². The van der Waals surface area contributed by atoms with Gasteiger partial charge in [-0.25, -0.2) is 9.48 Å². The molecule has 5 rings (SSSR count). The second-order valence-electron chi connectivity index (χ2n) is 7.73. The van der Waals surface area contributed by atoms with E-state index in [0.717, 1.165) is 28.2 Å². The third-order valence-electron chi connectivity index (χ3n) is 5.41. The first kappa shape index (κ1) is 23.1. The number of hydrogen-bond acceptors (Lipinski definition) is 6. The lowest BCUT2D eigenvalue weighted by atomic mass is 10.1. The first-order valence-corrected chi connectivity index (χ1v) is 12.1. The molecule has 0 aliphatic carbocycles. The van der Waals surface area contributed by atoms with E-state index in [9.17, 15) is 9.59 Å². The fourth-order valence-corrected chi connectivity index (χ4v) is 4.61. The molecule has 1 aliphatic rings. The van der Waals surface area contributed by atoms with Crippen LogP contribution in [0.2, 0.25) is 4.34 Å². The van der Waals surface area contributed by atoms with Crippen LogP contribution in [-0.4, -0.2) is 41.5 Å². The van der Waals surface area contributed by atoms with Gasteiger partial charge in [-0.3, -0.25) is 4.79 Å². The number of morpholine rings is 1. The van der Waals surface area contributed by atoms with Crippen molar-refractivity contribution >= 4 is 40.6 Å². The van der Waals surface area contributed by atoms with Gasteiger partial charge >= 0.3 is 6.09 Å². The third kappa shape index (κ3) is 5.37. The molecule has 0 unspecified atom stereocenters. The summed E-state index contributed by atoms with van der Waals surface area (Å²) in [5.41, 5.74) is 4.14. The first-order chi connectivity index (χ1) is 17.1. The number of nitrogens with zero attached hydrogens (tertiary/aromatic N) is 3. The molecule has 0 atom stereocenters. The van der Waals surface area contributed by atoms with E-state index in [4.69, 9.17) is 26.2 Å². The quantitative estimate of drug-likeness (QED) is 0.400. The second-order valence-corrected chi connectivity index (χ2v) is 9.41. The van der Waals surface area contributed by atoms with Crippen molar-refractivity contribution in [2.75, 3.05) is 24.7 Å². The largest absolute Gasteiger partial charge is 0.413 e. The van der Waals surface area contributed by atoms with Gasteiger partial charge in [0.2, 0.25) is 0 Å². The first-order valence-electron chi connectivity index (χ1n) is 10.9. The molecule has 1 aliphatic heterocycles. The van der Waals surface area contributed by atoms with Crippen LogP contribution in [0, 0.1) is 0 Å². The zero-order valence-corrected chi connectivity index (χ0v) is 20.1. The van der Waals surface area contributed by atoms with Crippen molar-refractivity contribution < 1.29 is 19.1 Å². The molecule has 1 fully saturated rings. The number of aromatic nitrogens is 2. The van der Waals surface area contributed by atoms with Gasteiger partial charge < -0.3 is 19.7 Å². The summed E-state index contributed by atoms with van der Waals surface area (Å²) in [4.78, 5) is 26.1. The molecule has 4 aromatic rings. The Morgan fingerprint density at radius 3 is 2.57 bits per heavy atom. The van der Waals surface area contributed by atoms with Gasteiger partial charge in [0.25, 0.3) is 5.91 Å². The summed E-state index contributed by atoms with van der Waals surface area (Å²) in [7, 11) is 0. The summed E-state index contributed by atoms with van der Waals surface area (Å²) < 4.78 is 12.8. The molecule has 0 radical (unpaired) electrons. The maximum atomic E-state index is 12.3. The van der Waals surface area contributed by atoms with Crippen LogP contribution >= 0.6 is 22.9 Å². The summed E-state index contributed by atoms with van der Waals surface area (Å²) in [5, 5.41) is 7.99. The molecule has 1 N–H and O–H groups in total. The van der Waals surface area contributed by atoms with E-state index < -0.39 is 6.09 Å². The number of ether oxygens (including phenoxy) is 2. The van der Waals surface area contributed by atoms with Crippen molar-refractivity contribution in [1.29, 1.82) is 0 Å². The fraction of sp³-hybridized carbons (Fsp3) is 0.160. The van der Waals surface area contributed by atoms with E-state index in [2.05, 4.69) is 5.32 Å². The van der Waals surface area contributed by atoms with Crippen LogP contribution in [0.4, 0.5) is 10.5 Å². The van der Waals surface area contributed by atoms with E-state index in [0.29, 0.717) is 22.6 Å². The number of nitrogens with one attached hydrogen (secondary N) is 1. The topological polar surface area (TPSA) is 85.7 Å². The minimum absolute atomic E-state index is 0.0560. The van der Waals surface area contributed by atoms with Gasteiger partial charge in [0.05, 0.1) is 22.3 Å². The summed E-state index contributed by atoms with van der Waals surface area (Å²) >= 11 is 7.08. The Morgan fingerprint density at radius 2 is 1.86 bits per heavy atom. The molecule has 1 saturated heterocycles. The third-order valence-corrected chi connectivity index (χ3v) is 6.52. The predicted molar refractivity (Wildman–Crippen MR) is 134 cm³/mol. The molecule has 2 aromatic carbocycles. The van der Waals surface area contributed by atoms with Crippen molar-refractivity contribution in [2.45, 2.75) is 6.54 Å². The van der Waals surface area contributed by atoms with Crippen LogP contribution in [-0.2, 0) is 16.1 Å². The smallest absolute Gasteiger partial charge is 0.399 e. The number of carbonyl (C=O) groups is 2. The van der Waals surface area contributed by atoms with Gasteiger partial charge in [-0.1, -0.05) is 53.3 Å². The summed E-state index contributed by atoms with van der Waals surface area (Å²) in [6.45, 7) is 1.37. The van der Waals surface area contributed by atoms with Crippen molar-refractivity contribution in [3.63, 3.8) is 0 Å². The van der Waals surface area contributed by atoms with Gasteiger partial charge in [-0.05, 0) is 36.4 Å². The van der Waals surface area contributed by atoms with Crippen LogP contribution < -0.4 is 15.0 Å². The molecule has 8 nitrogen and oxygen atoms in total. The van der Waals surface area contributed by atoms with Crippen molar-refractivity contribution in [3.8, 4) is 22.0 Å². The molecule has 0 spiro atoms. The van der Waals surface area contributed by atoms with Gasteiger partial charge in [0.1, 0.15) is 6.61 Å². The van der Waals surface area contributed by atoms with Crippen LogP contribution in [0.25, 0.3) is 16.9 Å². The lowest BCUT2D eigenvalue weighted by Gasteiger charge is -2.26. The number of halogens is 1. The standard InChI is InChI=1S/C25H21ClN4O4S/c26-21-10-11-23(35-21)34-25(32)27-14-18-15-30(28-24(18)17-4-2-1-3-5-17)20-8-6-19(7-9-20)29-12-13-33-16-22(29)31/h1-11,15H,12-14,16H2,(H,27,32). The predicted octanol–water partition coefficient (Wildman–Crippen LogP) is 4.91. The van der Waals surface area contributed by atoms with E-state index >= 15 is 0 Å². The zero-order chi connectivity index (χ0) is 24.2. The number of rotatable bonds is 6. The lowest BCUT2D eigenvalue weighted by Crippen LogP contribution is -2.41. The Labute approximate surface area is 210 Å². The van der Waals surface area contributed by atoms with Gasteiger partial charge in [0, 0.05) is 36.1 Å². The average Bonchev–Trinajstić information content (AvgIpc) is 3.50. The number of benzene rings is 2. The van der Waals surface area contributed by atoms with E-state index in [1.54, 1.807) is 21.7 Å². The Balaban J connectivity index is 1.36. The van der Waals surface area contributed by atoms with Crippen molar-refractivity contribution in [3.05, 3.63) is 82.8 Å². The molecule has 2 aromatic heterocycles. The number of amides is 2. The van der Waals surface area contributed by atoms with Gasteiger partial charge in [-0.2, -0.15) is 5.10 Å². The number of anilines is 1. The molecule has 0 bridgehead atoms. The van der Waals surface area contributed by atoms with Crippen LogP contribution in [0.5, 0.6) is 5.06 Å². The Morgan fingerprint density at radius 1 is 1.09 bits per heavy atom. The fourth-order valence-electron chi connectivity index (χ4n) is 3.73. The summed E-state index contributed by atoms with van der Waals surface area (Å²) in [6, 6.07) is 20.7. The van der Waals surface area contributed by atoms with Crippen LogP contribution in [0.15, 0.2) is 72.9 Å². The lowest BCUT2D eigenvalue weighted by molar-refractivity contribution is -0.125. The minimum Gasteiger partial charge on any atom is -0.399 e. The molecule has 178 valence electrons. The summed E-state index contributed by atoms with van der Waals surface area (Å²) in [6.07, 6.45) is 1.30. The zero-order valence-electron chi connectivity index (χ0n) is 18.5. The van der Waals surface area contributed by atoms with Gasteiger partial charge in [0.15, 0.2) is 5.06 Å². The molecule has 35 heavy (non-hydrogen) atoms. The molecular formula is C25H21ClN4O4S. The van der Waals surface area contributed by atoms with Crippen molar-refractivity contribution in [1.82, 2.24) is 15.1 Å². The Kier molecular flexibility index (Phi) is 6.80. The maximum Gasteiger partial charge on any atom is 0.413 e. The molecule has 10 heteroatoms. The second kappa shape index (κ2) is 10.3. The number of hydrogen-bond donors (Lipinski definition) is 1. The van der Waals surface area contributed by atoms with Gasteiger partial charge in [-0.15, -0.1) is 0 Å². The van der Waals surface area contributed by atoms with Crippen LogP contribution in [0.3, 0.4) is 0 Å². The highest BCUT2D eigenvalue weighted by Gasteiger charge is 2.20. The Bertz CT molecular complexity index is 1340. The molecule has 3 heterocycles. The minimum atomic E-state index is -0.574. The molecule has 2 amide bonds. The normalized spacial score (nSPS) is 13.6. The Hall–Kier alpha value is -3.66. The summed E-state index contributed by atoms with van der Waals surface area (Å²) in [5.74, 6) is -0.0560. The van der Waals surface area contributed by atoms with E-state index in [1.807, 2.05) is 60.8 Å². The highest BCUT2D eigenvalue weighted by molar-refractivity contribution is 7.17. The highest BCUT2D eigenvalue weighted by Crippen LogP contribution is 2.28. The highest BCUT2D eigenvalue weighted by atomic mass is 35.5. The number of carbonyl (C=O) groups excluding carboxylic acids is 2. The number of thiophene rings is 1. The van der Waals surface area contributed by atoms with E-state index in [-0.39, 0.29) is 19.1 Å². The SMILES string of the molecule is O=C(NCc1cn(-c2ccc(N3CCOCC3=O)cc2)nc1-c1ccccc1)Oc1ccc(Cl)s1. The molecular weight excluding hydrogens is 488 g/mol. The average molecular weight is 509 g/mol. The molecule has 0 saturated carbocycles. The van der Waals surface area contributed by atoms with Crippen molar-refractivity contribution in [2.24, 2.45) is 0 Å². The monoisotopic (exact) mass is 508 g/mol. The maximum absolute atomic E-state index is 12.3.